The molecule has 0 unspecified atom stereocenters. The van der Waals surface area contributed by atoms with Crippen LogP contribution in [0.3, 0.4) is 0 Å². The molecule has 0 aliphatic heterocycles. The second-order valence-electron chi connectivity index (χ2n) is 3.87. The minimum atomic E-state index is -0.798. The molecule has 1 aromatic heterocycles. The van der Waals surface area contributed by atoms with Gasteiger partial charge in [-0.05, 0) is 18.2 Å². The number of nitro groups is 1. The number of amides is 1. The maximum atomic E-state index is 13.6. The minimum Gasteiger partial charge on any atom is -0.319 e. The molecule has 0 aliphatic carbocycles. The van der Waals surface area contributed by atoms with Crippen LogP contribution in [-0.4, -0.2) is 15.8 Å². The van der Waals surface area contributed by atoms with E-state index in [4.69, 9.17) is 11.6 Å². The van der Waals surface area contributed by atoms with E-state index in [9.17, 15) is 19.3 Å². The molecule has 0 radical (unpaired) electrons. The molecule has 0 fully saturated rings. The maximum absolute atomic E-state index is 13.6. The SMILES string of the molecule is O=C(Nc1cc(Br)ccc1F)c1cc([N+](=O)[O-])cnc1Cl. The molecule has 1 aromatic carbocycles. The van der Waals surface area contributed by atoms with E-state index in [-0.39, 0.29) is 22.1 Å². The number of benzene rings is 1. The molecule has 1 heterocycles. The molecule has 0 saturated carbocycles. The number of carbonyl (C=O) groups is 1. The Morgan fingerprint density at radius 1 is 1.43 bits per heavy atom. The van der Waals surface area contributed by atoms with Gasteiger partial charge in [-0.3, -0.25) is 14.9 Å². The lowest BCUT2D eigenvalue weighted by atomic mass is 10.2. The van der Waals surface area contributed by atoms with Crippen LogP contribution in [0.5, 0.6) is 0 Å². The number of aromatic nitrogens is 1. The quantitative estimate of drug-likeness (QED) is 0.503. The third-order valence-corrected chi connectivity index (χ3v) is 3.25. The molecule has 1 N–H and O–H groups in total. The number of nitrogens with one attached hydrogen (secondary N) is 1. The highest BCUT2D eigenvalue weighted by molar-refractivity contribution is 9.10. The average Bonchev–Trinajstić information content (AvgIpc) is 2.43. The first kappa shape index (κ1) is 15.3. The summed E-state index contributed by atoms with van der Waals surface area (Å²) in [5.74, 6) is -1.45. The van der Waals surface area contributed by atoms with Gasteiger partial charge in [0, 0.05) is 10.5 Å². The number of carbonyl (C=O) groups excluding carboxylic acids is 1. The fourth-order valence-corrected chi connectivity index (χ4v) is 2.03. The van der Waals surface area contributed by atoms with E-state index in [0.29, 0.717) is 4.47 Å². The summed E-state index contributed by atoms with van der Waals surface area (Å²) in [6.07, 6.45) is 0.929. The number of pyridine rings is 1. The molecule has 2 aromatic rings. The summed E-state index contributed by atoms with van der Waals surface area (Å²) in [4.78, 5) is 25.6. The Bertz CT molecular complexity index is 742. The Labute approximate surface area is 131 Å². The normalized spacial score (nSPS) is 10.2. The lowest BCUT2D eigenvalue weighted by molar-refractivity contribution is -0.385. The topological polar surface area (TPSA) is 85.1 Å². The highest BCUT2D eigenvalue weighted by Gasteiger charge is 2.18. The zero-order valence-electron chi connectivity index (χ0n) is 10.1. The highest BCUT2D eigenvalue weighted by atomic mass is 79.9. The Hall–Kier alpha value is -2.06. The average molecular weight is 375 g/mol. The molecule has 0 bridgehead atoms. The molecular formula is C12H6BrClFN3O3. The highest BCUT2D eigenvalue weighted by Crippen LogP contribution is 2.23. The minimum absolute atomic E-state index is 0.0862. The van der Waals surface area contributed by atoms with Crippen molar-refractivity contribution >= 4 is 44.8 Å². The summed E-state index contributed by atoms with van der Waals surface area (Å²) in [6.45, 7) is 0. The summed E-state index contributed by atoms with van der Waals surface area (Å²) in [6, 6.07) is 4.95. The first-order valence-corrected chi connectivity index (χ1v) is 6.62. The zero-order valence-corrected chi connectivity index (χ0v) is 12.5. The molecule has 108 valence electrons. The third-order valence-electron chi connectivity index (χ3n) is 2.46. The van der Waals surface area contributed by atoms with E-state index in [1.165, 1.54) is 12.1 Å². The van der Waals surface area contributed by atoms with Crippen LogP contribution in [0, 0.1) is 15.9 Å². The number of halogens is 3. The fraction of sp³-hybridized carbons (Fsp3) is 0. The summed E-state index contributed by atoms with van der Waals surface area (Å²) in [5.41, 5.74) is -0.693. The second-order valence-corrected chi connectivity index (χ2v) is 5.14. The largest absolute Gasteiger partial charge is 0.319 e. The number of anilines is 1. The van der Waals surface area contributed by atoms with Crippen LogP contribution < -0.4 is 5.32 Å². The van der Waals surface area contributed by atoms with Crippen molar-refractivity contribution in [1.82, 2.24) is 4.98 Å². The molecule has 21 heavy (non-hydrogen) atoms. The number of hydrogen-bond donors (Lipinski definition) is 1. The summed E-state index contributed by atoms with van der Waals surface area (Å²) >= 11 is 8.88. The molecule has 0 atom stereocenters. The Kier molecular flexibility index (Phi) is 4.49. The number of rotatable bonds is 3. The van der Waals surface area contributed by atoms with E-state index in [0.717, 1.165) is 18.3 Å². The predicted octanol–water partition coefficient (Wildman–Crippen LogP) is 3.80. The molecule has 0 spiro atoms. The van der Waals surface area contributed by atoms with Crippen molar-refractivity contribution < 1.29 is 14.1 Å². The second kappa shape index (κ2) is 6.15. The number of hydrogen-bond acceptors (Lipinski definition) is 4. The van der Waals surface area contributed by atoms with Gasteiger partial charge in [0.05, 0.1) is 16.2 Å². The summed E-state index contributed by atoms with van der Waals surface area (Å²) < 4.78 is 14.1. The van der Waals surface area contributed by atoms with Crippen molar-refractivity contribution in [3.63, 3.8) is 0 Å². The van der Waals surface area contributed by atoms with E-state index < -0.39 is 16.6 Å². The van der Waals surface area contributed by atoms with Crippen molar-refractivity contribution in [1.29, 1.82) is 0 Å². The lowest BCUT2D eigenvalue weighted by Gasteiger charge is -2.07. The molecule has 6 nitrogen and oxygen atoms in total. The van der Waals surface area contributed by atoms with Crippen molar-refractivity contribution in [3.05, 3.63) is 61.6 Å². The van der Waals surface area contributed by atoms with Gasteiger partial charge >= 0.3 is 0 Å². The van der Waals surface area contributed by atoms with Crippen molar-refractivity contribution in [2.24, 2.45) is 0 Å². The smallest absolute Gasteiger partial charge is 0.288 e. The van der Waals surface area contributed by atoms with Crippen LogP contribution in [-0.2, 0) is 0 Å². The molecule has 9 heteroatoms. The van der Waals surface area contributed by atoms with Crippen LogP contribution in [0.1, 0.15) is 10.4 Å². The van der Waals surface area contributed by atoms with Gasteiger partial charge in [-0.15, -0.1) is 0 Å². The predicted molar refractivity (Wildman–Crippen MR) is 78.0 cm³/mol. The zero-order chi connectivity index (χ0) is 15.6. The van der Waals surface area contributed by atoms with E-state index >= 15 is 0 Å². The Morgan fingerprint density at radius 3 is 2.81 bits per heavy atom. The van der Waals surface area contributed by atoms with Crippen molar-refractivity contribution in [2.45, 2.75) is 0 Å². The van der Waals surface area contributed by atoms with Gasteiger partial charge in [-0.1, -0.05) is 27.5 Å². The third kappa shape index (κ3) is 3.53. The Morgan fingerprint density at radius 2 is 2.14 bits per heavy atom. The van der Waals surface area contributed by atoms with Crippen LogP contribution in [0.2, 0.25) is 5.15 Å². The van der Waals surface area contributed by atoms with Crippen molar-refractivity contribution in [2.75, 3.05) is 5.32 Å². The molecule has 1 amide bonds. The van der Waals surface area contributed by atoms with Gasteiger partial charge < -0.3 is 5.32 Å². The summed E-state index contributed by atoms with van der Waals surface area (Å²) in [7, 11) is 0. The molecular weight excluding hydrogens is 369 g/mol. The van der Waals surface area contributed by atoms with E-state index in [1.54, 1.807) is 0 Å². The first-order valence-electron chi connectivity index (χ1n) is 5.45. The van der Waals surface area contributed by atoms with Gasteiger partial charge in [0.15, 0.2) is 0 Å². The molecule has 2 rings (SSSR count). The van der Waals surface area contributed by atoms with Crippen LogP contribution in [0.25, 0.3) is 0 Å². The molecule has 0 saturated heterocycles. The van der Waals surface area contributed by atoms with Gasteiger partial charge in [-0.2, -0.15) is 0 Å². The summed E-state index contributed by atoms with van der Waals surface area (Å²) in [5, 5.41) is 12.7. The van der Waals surface area contributed by atoms with E-state index in [1.807, 2.05) is 0 Å². The van der Waals surface area contributed by atoms with Crippen LogP contribution in [0.15, 0.2) is 34.9 Å². The monoisotopic (exact) mass is 373 g/mol. The van der Waals surface area contributed by atoms with E-state index in [2.05, 4.69) is 26.2 Å². The first-order chi connectivity index (χ1) is 9.88. The standard InChI is InChI=1S/C12H6BrClFN3O3/c13-6-1-2-9(15)10(3-6)17-12(19)8-4-7(18(20)21)5-16-11(8)14/h1-5H,(H,17,19). The molecule has 0 aliphatic rings. The maximum Gasteiger partial charge on any atom is 0.288 e. The van der Waals surface area contributed by atoms with Crippen molar-refractivity contribution in [3.8, 4) is 0 Å². The van der Waals surface area contributed by atoms with Gasteiger partial charge in [0.2, 0.25) is 0 Å². The van der Waals surface area contributed by atoms with Gasteiger partial charge in [-0.25, -0.2) is 9.37 Å². The van der Waals surface area contributed by atoms with Gasteiger partial charge in [0.1, 0.15) is 17.2 Å². The number of nitrogens with zero attached hydrogens (tertiary/aromatic N) is 2. The Balaban J connectivity index is 2.34. The fourth-order valence-electron chi connectivity index (χ4n) is 1.48. The lowest BCUT2D eigenvalue weighted by Crippen LogP contribution is -2.14. The van der Waals surface area contributed by atoms with Gasteiger partial charge in [0.25, 0.3) is 11.6 Å². The van der Waals surface area contributed by atoms with Crippen LogP contribution >= 0.6 is 27.5 Å². The van der Waals surface area contributed by atoms with Crippen LogP contribution in [0.4, 0.5) is 15.8 Å².